The molecule has 0 saturated heterocycles. The lowest BCUT2D eigenvalue weighted by Gasteiger charge is -2.17. The summed E-state index contributed by atoms with van der Waals surface area (Å²) in [5, 5.41) is 10.1. The molecule has 2 N–H and O–H groups in total. The first kappa shape index (κ1) is 13.6. The minimum absolute atomic E-state index is 0.513. The molecule has 106 valence electrons. The molecule has 0 atom stereocenters. The highest BCUT2D eigenvalue weighted by atomic mass is 32.2. The lowest BCUT2D eigenvalue weighted by atomic mass is 9.95. The summed E-state index contributed by atoms with van der Waals surface area (Å²) < 4.78 is 1.98. The number of aromatic nitrogens is 4. The van der Waals surface area contributed by atoms with E-state index in [2.05, 4.69) is 16.3 Å². The van der Waals surface area contributed by atoms with Crippen LogP contribution in [0.25, 0.3) is 0 Å². The van der Waals surface area contributed by atoms with Gasteiger partial charge in [0, 0.05) is 19.3 Å². The zero-order chi connectivity index (χ0) is 14.1. The van der Waals surface area contributed by atoms with Crippen LogP contribution in [0.3, 0.4) is 0 Å². The topological polar surface area (TPSA) is 69.6 Å². The first-order valence-electron chi connectivity index (χ1n) is 6.94. The summed E-state index contributed by atoms with van der Waals surface area (Å²) in [6.45, 7) is 2.46. The van der Waals surface area contributed by atoms with Gasteiger partial charge in [-0.25, -0.2) is 4.98 Å². The van der Waals surface area contributed by atoms with Crippen LogP contribution in [0.15, 0.2) is 16.2 Å². The number of aryl methyl sites for hydroxylation is 3. The van der Waals surface area contributed by atoms with Gasteiger partial charge in [-0.05, 0) is 55.5 Å². The fraction of sp³-hybridized carbons (Fsp3) is 0.500. The van der Waals surface area contributed by atoms with Gasteiger partial charge in [-0.1, -0.05) is 6.07 Å². The van der Waals surface area contributed by atoms with Gasteiger partial charge >= 0.3 is 0 Å². The van der Waals surface area contributed by atoms with Crippen LogP contribution in [-0.2, 0) is 26.4 Å². The van der Waals surface area contributed by atoms with E-state index in [9.17, 15) is 0 Å². The van der Waals surface area contributed by atoms with E-state index in [0.29, 0.717) is 6.54 Å². The Bertz CT molecular complexity index is 635. The van der Waals surface area contributed by atoms with Gasteiger partial charge in [0.2, 0.25) is 0 Å². The van der Waals surface area contributed by atoms with Crippen LogP contribution in [0.4, 0.5) is 0 Å². The van der Waals surface area contributed by atoms with Gasteiger partial charge < -0.3 is 10.3 Å². The second-order valence-corrected chi connectivity index (χ2v) is 6.12. The van der Waals surface area contributed by atoms with Crippen LogP contribution in [0.2, 0.25) is 0 Å². The lowest BCUT2D eigenvalue weighted by molar-refractivity contribution is 0.656. The number of hydrogen-bond acceptors (Lipinski definition) is 5. The highest BCUT2D eigenvalue weighted by Crippen LogP contribution is 2.31. The summed E-state index contributed by atoms with van der Waals surface area (Å²) in [4.78, 5) is 4.83. The maximum atomic E-state index is 5.88. The Kier molecular flexibility index (Phi) is 3.76. The van der Waals surface area contributed by atoms with Crippen LogP contribution in [-0.4, -0.2) is 19.7 Å². The zero-order valence-corrected chi connectivity index (χ0v) is 12.7. The minimum Gasteiger partial charge on any atom is -0.326 e. The highest BCUT2D eigenvalue weighted by molar-refractivity contribution is 7.99. The standard InChI is InChI=1S/C14H19N5S/c1-9-17-18-14(19(9)2)20-13-11(8-15)7-10-5-3-4-6-12(10)16-13/h7H,3-6,8,15H2,1-2H3. The van der Waals surface area contributed by atoms with Crippen LogP contribution >= 0.6 is 11.8 Å². The molecule has 5 nitrogen and oxygen atoms in total. The van der Waals surface area contributed by atoms with Crippen molar-refractivity contribution < 1.29 is 0 Å². The summed E-state index contributed by atoms with van der Waals surface area (Å²) in [5.41, 5.74) is 9.59. The summed E-state index contributed by atoms with van der Waals surface area (Å²) in [6.07, 6.45) is 4.69. The number of rotatable bonds is 3. The number of hydrogen-bond donors (Lipinski definition) is 1. The molecular weight excluding hydrogens is 270 g/mol. The number of nitrogens with zero attached hydrogens (tertiary/aromatic N) is 4. The SMILES string of the molecule is Cc1nnc(Sc2nc3c(cc2CN)CCCC3)n1C. The molecule has 0 spiro atoms. The average Bonchev–Trinajstić information content (AvgIpc) is 2.78. The predicted octanol–water partition coefficient (Wildman–Crippen LogP) is 2.01. The van der Waals surface area contributed by atoms with Crippen molar-refractivity contribution in [1.82, 2.24) is 19.7 Å². The van der Waals surface area contributed by atoms with Gasteiger partial charge in [-0.2, -0.15) is 0 Å². The van der Waals surface area contributed by atoms with E-state index >= 15 is 0 Å². The summed E-state index contributed by atoms with van der Waals surface area (Å²) in [5.74, 6) is 0.903. The summed E-state index contributed by atoms with van der Waals surface area (Å²) >= 11 is 1.56. The highest BCUT2D eigenvalue weighted by Gasteiger charge is 2.17. The van der Waals surface area contributed by atoms with E-state index in [-0.39, 0.29) is 0 Å². The Hall–Kier alpha value is -1.40. The molecule has 0 radical (unpaired) electrons. The van der Waals surface area contributed by atoms with E-state index < -0.39 is 0 Å². The number of nitrogens with two attached hydrogens (primary N) is 1. The van der Waals surface area contributed by atoms with Crippen molar-refractivity contribution in [1.29, 1.82) is 0 Å². The maximum Gasteiger partial charge on any atom is 0.197 e. The first-order valence-corrected chi connectivity index (χ1v) is 7.76. The second-order valence-electron chi connectivity index (χ2n) is 5.16. The zero-order valence-electron chi connectivity index (χ0n) is 11.9. The molecule has 0 bridgehead atoms. The molecule has 3 rings (SSSR count). The molecule has 0 fully saturated rings. The molecule has 0 aliphatic heterocycles. The number of fused-ring (bicyclic) bond motifs is 1. The quantitative estimate of drug-likeness (QED) is 0.936. The second kappa shape index (κ2) is 5.54. The van der Waals surface area contributed by atoms with Gasteiger partial charge in [-0.3, -0.25) is 0 Å². The molecule has 20 heavy (non-hydrogen) atoms. The van der Waals surface area contributed by atoms with Crippen molar-refractivity contribution in [3.63, 3.8) is 0 Å². The average molecular weight is 289 g/mol. The number of pyridine rings is 1. The third kappa shape index (κ3) is 2.45. The van der Waals surface area contributed by atoms with Crippen LogP contribution < -0.4 is 5.73 Å². The molecule has 0 unspecified atom stereocenters. The van der Waals surface area contributed by atoms with Gasteiger partial charge in [0.05, 0.1) is 0 Å². The van der Waals surface area contributed by atoms with Crippen LogP contribution in [0, 0.1) is 6.92 Å². The third-order valence-corrected chi connectivity index (χ3v) is 4.89. The Labute approximate surface area is 123 Å². The van der Waals surface area contributed by atoms with E-state index in [1.807, 2.05) is 18.5 Å². The molecule has 0 saturated carbocycles. The van der Waals surface area contributed by atoms with E-state index in [4.69, 9.17) is 10.7 Å². The maximum absolute atomic E-state index is 5.88. The Balaban J connectivity index is 1.97. The van der Waals surface area contributed by atoms with Crippen molar-refractivity contribution in [2.24, 2.45) is 12.8 Å². The van der Waals surface area contributed by atoms with Crippen molar-refractivity contribution >= 4 is 11.8 Å². The smallest absolute Gasteiger partial charge is 0.197 e. The Morgan fingerprint density at radius 3 is 2.80 bits per heavy atom. The lowest BCUT2D eigenvalue weighted by Crippen LogP contribution is -2.10. The van der Waals surface area contributed by atoms with E-state index in [1.54, 1.807) is 11.8 Å². The molecule has 0 aromatic carbocycles. The van der Waals surface area contributed by atoms with Crippen molar-refractivity contribution in [2.75, 3.05) is 0 Å². The van der Waals surface area contributed by atoms with Gasteiger partial charge in [0.15, 0.2) is 5.16 Å². The molecular formula is C14H19N5S. The molecule has 2 heterocycles. The Morgan fingerprint density at radius 1 is 1.30 bits per heavy atom. The van der Waals surface area contributed by atoms with Crippen molar-refractivity contribution in [3.8, 4) is 0 Å². The van der Waals surface area contributed by atoms with Gasteiger partial charge in [0.25, 0.3) is 0 Å². The molecule has 1 aliphatic rings. The normalized spacial score (nSPS) is 14.3. The minimum atomic E-state index is 0.513. The predicted molar refractivity (Wildman–Crippen MR) is 78.6 cm³/mol. The molecule has 1 aliphatic carbocycles. The first-order chi connectivity index (χ1) is 9.69. The molecule has 6 heteroatoms. The molecule has 2 aromatic heterocycles. The fourth-order valence-corrected chi connectivity index (χ4v) is 3.41. The molecule has 2 aromatic rings. The largest absolute Gasteiger partial charge is 0.326 e. The Morgan fingerprint density at radius 2 is 2.10 bits per heavy atom. The van der Waals surface area contributed by atoms with Crippen LogP contribution in [0.1, 0.15) is 35.5 Å². The van der Waals surface area contributed by atoms with Crippen molar-refractivity contribution in [3.05, 3.63) is 28.7 Å². The van der Waals surface area contributed by atoms with Crippen LogP contribution in [0.5, 0.6) is 0 Å². The van der Waals surface area contributed by atoms with E-state index in [0.717, 1.165) is 34.4 Å². The van der Waals surface area contributed by atoms with Gasteiger partial charge in [0.1, 0.15) is 10.9 Å². The van der Waals surface area contributed by atoms with E-state index in [1.165, 1.54) is 24.1 Å². The molecule has 0 amide bonds. The fourth-order valence-electron chi connectivity index (χ4n) is 2.46. The third-order valence-electron chi connectivity index (χ3n) is 3.80. The summed E-state index contributed by atoms with van der Waals surface area (Å²) in [7, 11) is 1.97. The monoisotopic (exact) mass is 289 g/mol. The van der Waals surface area contributed by atoms with Gasteiger partial charge in [-0.15, -0.1) is 10.2 Å². The summed E-state index contributed by atoms with van der Waals surface area (Å²) in [6, 6.07) is 2.23. The van der Waals surface area contributed by atoms with Crippen molar-refractivity contribution in [2.45, 2.75) is 49.3 Å².